The van der Waals surface area contributed by atoms with Gasteiger partial charge in [-0.25, -0.2) is 0 Å². The molecular formula is C18H18N2O. The summed E-state index contributed by atoms with van der Waals surface area (Å²) in [6.07, 6.45) is 0. The summed E-state index contributed by atoms with van der Waals surface area (Å²) in [4.78, 5) is 14.8. The van der Waals surface area contributed by atoms with Gasteiger partial charge in [-0.1, -0.05) is 50.2 Å². The van der Waals surface area contributed by atoms with Crippen LogP contribution in [0.2, 0.25) is 0 Å². The maximum Gasteiger partial charge on any atom is 0.250 e. The van der Waals surface area contributed by atoms with Crippen molar-refractivity contribution >= 4 is 16.8 Å². The zero-order valence-corrected chi connectivity index (χ0v) is 12.2. The molecule has 3 N–H and O–H groups in total. The Bertz CT molecular complexity index is 798. The van der Waals surface area contributed by atoms with Crippen LogP contribution in [0.15, 0.2) is 48.5 Å². The first-order chi connectivity index (χ1) is 10.1. The standard InChI is InChI=1S/C18H18N2O/c1-11(2)12-6-8-13(9-7-12)16-10-14-4-3-5-15(18(19)21)17(14)20-16/h3-11,20H,1-2H3,(H2,19,21). The molecule has 106 valence electrons. The van der Waals surface area contributed by atoms with E-state index in [1.165, 1.54) is 5.56 Å². The summed E-state index contributed by atoms with van der Waals surface area (Å²) in [6, 6.07) is 16.1. The van der Waals surface area contributed by atoms with Crippen molar-refractivity contribution in [3.8, 4) is 11.3 Å². The Hall–Kier alpha value is -2.55. The highest BCUT2D eigenvalue weighted by Gasteiger charge is 2.10. The molecule has 0 fully saturated rings. The van der Waals surface area contributed by atoms with Crippen LogP contribution in [-0.2, 0) is 0 Å². The molecule has 3 heteroatoms. The third kappa shape index (κ3) is 2.42. The first-order valence-electron chi connectivity index (χ1n) is 7.08. The first-order valence-corrected chi connectivity index (χ1v) is 7.08. The number of amides is 1. The van der Waals surface area contributed by atoms with Gasteiger partial charge in [-0.3, -0.25) is 4.79 Å². The number of fused-ring (bicyclic) bond motifs is 1. The molecule has 1 heterocycles. The predicted octanol–water partition coefficient (Wildman–Crippen LogP) is 4.06. The quantitative estimate of drug-likeness (QED) is 0.745. The van der Waals surface area contributed by atoms with E-state index in [1.54, 1.807) is 6.07 Å². The molecule has 3 aromatic rings. The molecule has 0 aliphatic rings. The number of nitrogens with two attached hydrogens (primary N) is 1. The van der Waals surface area contributed by atoms with E-state index >= 15 is 0 Å². The Balaban J connectivity index is 2.09. The van der Waals surface area contributed by atoms with Crippen molar-refractivity contribution in [3.63, 3.8) is 0 Å². The fourth-order valence-electron chi connectivity index (χ4n) is 2.56. The van der Waals surface area contributed by atoms with Crippen LogP contribution in [-0.4, -0.2) is 10.9 Å². The number of hydrogen-bond acceptors (Lipinski definition) is 1. The van der Waals surface area contributed by atoms with E-state index in [0.717, 1.165) is 22.2 Å². The highest BCUT2D eigenvalue weighted by Crippen LogP contribution is 2.27. The Kier molecular flexibility index (Phi) is 3.26. The number of rotatable bonds is 3. The third-order valence-corrected chi connectivity index (χ3v) is 3.81. The van der Waals surface area contributed by atoms with Gasteiger partial charge in [0.05, 0.1) is 11.1 Å². The molecule has 3 rings (SSSR count). The molecule has 2 aromatic carbocycles. The van der Waals surface area contributed by atoms with Gasteiger partial charge in [0.25, 0.3) is 5.91 Å². The van der Waals surface area contributed by atoms with Gasteiger partial charge in [0, 0.05) is 11.1 Å². The number of carbonyl (C=O) groups excluding carboxylic acids is 1. The van der Waals surface area contributed by atoms with Gasteiger partial charge >= 0.3 is 0 Å². The zero-order chi connectivity index (χ0) is 15.0. The second-order valence-corrected chi connectivity index (χ2v) is 5.59. The zero-order valence-electron chi connectivity index (χ0n) is 12.2. The normalized spacial score (nSPS) is 11.2. The van der Waals surface area contributed by atoms with Crippen molar-refractivity contribution in [1.29, 1.82) is 0 Å². The second-order valence-electron chi connectivity index (χ2n) is 5.59. The highest BCUT2D eigenvalue weighted by atomic mass is 16.1. The SMILES string of the molecule is CC(C)c1ccc(-c2cc3cccc(C(N)=O)c3[nH]2)cc1. The number of primary amides is 1. The number of hydrogen-bond donors (Lipinski definition) is 2. The molecule has 0 spiro atoms. The molecule has 1 aromatic heterocycles. The molecule has 0 radical (unpaired) electrons. The van der Waals surface area contributed by atoms with E-state index in [-0.39, 0.29) is 0 Å². The fourth-order valence-corrected chi connectivity index (χ4v) is 2.56. The lowest BCUT2D eigenvalue weighted by molar-refractivity contribution is 0.100. The highest BCUT2D eigenvalue weighted by molar-refractivity contribution is 6.06. The molecule has 0 unspecified atom stereocenters. The maximum absolute atomic E-state index is 11.5. The lowest BCUT2D eigenvalue weighted by atomic mass is 10.0. The minimum Gasteiger partial charge on any atom is -0.366 e. The molecule has 0 saturated heterocycles. The van der Waals surface area contributed by atoms with Gasteiger partial charge in [0.2, 0.25) is 0 Å². The van der Waals surface area contributed by atoms with Crippen molar-refractivity contribution in [2.45, 2.75) is 19.8 Å². The van der Waals surface area contributed by atoms with E-state index in [2.05, 4.69) is 43.1 Å². The Morgan fingerprint density at radius 2 is 1.81 bits per heavy atom. The van der Waals surface area contributed by atoms with Crippen LogP contribution >= 0.6 is 0 Å². The summed E-state index contributed by atoms with van der Waals surface area (Å²) >= 11 is 0. The molecule has 1 amide bonds. The van der Waals surface area contributed by atoms with E-state index in [0.29, 0.717) is 11.5 Å². The van der Waals surface area contributed by atoms with Crippen LogP contribution in [0, 0.1) is 0 Å². The van der Waals surface area contributed by atoms with Crippen molar-refractivity contribution in [2.75, 3.05) is 0 Å². The first kappa shape index (κ1) is 13.4. The predicted molar refractivity (Wildman–Crippen MR) is 86.3 cm³/mol. The average molecular weight is 278 g/mol. The van der Waals surface area contributed by atoms with Gasteiger partial charge in [0.1, 0.15) is 0 Å². The molecule has 0 aliphatic carbocycles. The van der Waals surface area contributed by atoms with Crippen molar-refractivity contribution in [1.82, 2.24) is 4.98 Å². The third-order valence-electron chi connectivity index (χ3n) is 3.81. The van der Waals surface area contributed by atoms with Crippen LogP contribution in [0.4, 0.5) is 0 Å². The van der Waals surface area contributed by atoms with Crippen LogP contribution in [0.1, 0.15) is 35.7 Å². The summed E-state index contributed by atoms with van der Waals surface area (Å²) in [5.41, 5.74) is 10.2. The van der Waals surface area contributed by atoms with Gasteiger partial charge in [0.15, 0.2) is 0 Å². The maximum atomic E-state index is 11.5. The largest absolute Gasteiger partial charge is 0.366 e. The van der Waals surface area contributed by atoms with Crippen LogP contribution in [0.3, 0.4) is 0 Å². The minimum absolute atomic E-state index is 0.413. The number of aromatic nitrogens is 1. The number of carbonyl (C=O) groups is 1. The van der Waals surface area contributed by atoms with Gasteiger partial charge in [-0.05, 0) is 29.2 Å². The summed E-state index contributed by atoms with van der Waals surface area (Å²) < 4.78 is 0. The van der Waals surface area contributed by atoms with Crippen LogP contribution < -0.4 is 5.73 Å². The molecule has 0 aliphatic heterocycles. The molecule has 0 saturated carbocycles. The minimum atomic E-state index is -0.413. The van der Waals surface area contributed by atoms with Crippen LogP contribution in [0.5, 0.6) is 0 Å². The monoisotopic (exact) mass is 278 g/mol. The van der Waals surface area contributed by atoms with Crippen LogP contribution in [0.25, 0.3) is 22.2 Å². The van der Waals surface area contributed by atoms with Crippen molar-refractivity contribution < 1.29 is 4.79 Å². The summed E-state index contributed by atoms with van der Waals surface area (Å²) in [7, 11) is 0. The average Bonchev–Trinajstić information content (AvgIpc) is 2.90. The molecule has 0 bridgehead atoms. The molecular weight excluding hydrogens is 260 g/mol. The van der Waals surface area contributed by atoms with Gasteiger partial charge < -0.3 is 10.7 Å². The molecule has 0 atom stereocenters. The molecule has 3 nitrogen and oxygen atoms in total. The number of nitrogens with one attached hydrogen (secondary N) is 1. The second kappa shape index (κ2) is 5.09. The Labute approximate surface area is 123 Å². The van der Waals surface area contributed by atoms with E-state index in [1.807, 2.05) is 18.2 Å². The number of aromatic amines is 1. The summed E-state index contributed by atoms with van der Waals surface area (Å²) in [5, 5.41) is 0.995. The lowest BCUT2D eigenvalue weighted by Gasteiger charge is -2.05. The summed E-state index contributed by atoms with van der Waals surface area (Å²) in [5.74, 6) is 0.104. The van der Waals surface area contributed by atoms with E-state index < -0.39 is 5.91 Å². The smallest absolute Gasteiger partial charge is 0.250 e. The number of benzene rings is 2. The Morgan fingerprint density at radius 3 is 2.43 bits per heavy atom. The van der Waals surface area contributed by atoms with Crippen molar-refractivity contribution in [3.05, 3.63) is 59.7 Å². The fraction of sp³-hybridized carbons (Fsp3) is 0.167. The number of para-hydroxylation sites is 1. The van der Waals surface area contributed by atoms with E-state index in [4.69, 9.17) is 5.73 Å². The number of H-pyrrole nitrogens is 1. The lowest BCUT2D eigenvalue weighted by Crippen LogP contribution is -2.11. The van der Waals surface area contributed by atoms with Gasteiger partial charge in [-0.15, -0.1) is 0 Å². The van der Waals surface area contributed by atoms with E-state index in [9.17, 15) is 4.79 Å². The van der Waals surface area contributed by atoms with Crippen molar-refractivity contribution in [2.24, 2.45) is 5.73 Å². The topological polar surface area (TPSA) is 58.9 Å². The summed E-state index contributed by atoms with van der Waals surface area (Å²) in [6.45, 7) is 4.36. The Morgan fingerprint density at radius 1 is 1.10 bits per heavy atom. The van der Waals surface area contributed by atoms with Gasteiger partial charge in [-0.2, -0.15) is 0 Å². The molecule has 21 heavy (non-hydrogen) atoms.